The third kappa shape index (κ3) is 5.96. The average molecular weight is 374 g/mol. The van der Waals surface area contributed by atoms with E-state index in [9.17, 15) is 9.59 Å². The minimum absolute atomic E-state index is 0.0638. The highest BCUT2D eigenvalue weighted by Gasteiger charge is 2.31. The standard InChI is InChI=1S/C21H32N4O2/c1-17-7-9-19(10-8-17)25-16-18(15-20(25)26)23-21(27)22-11-6-14-24-12-4-2-3-5-13-24/h7-10,18H,2-6,11-16H2,1H3,(H2,22,23,27)/p+1/t18-/m0/s1. The van der Waals surface area contributed by atoms with Crippen LogP contribution in [0.1, 0.15) is 44.1 Å². The van der Waals surface area contributed by atoms with Crippen LogP contribution in [0.15, 0.2) is 24.3 Å². The Kier molecular flexibility index (Phi) is 7.10. The summed E-state index contributed by atoms with van der Waals surface area (Å²) in [5.41, 5.74) is 2.07. The van der Waals surface area contributed by atoms with Crippen LogP contribution in [-0.4, -0.2) is 50.7 Å². The molecule has 0 radical (unpaired) electrons. The minimum atomic E-state index is -0.163. The Morgan fingerprint density at radius 2 is 1.85 bits per heavy atom. The van der Waals surface area contributed by atoms with Gasteiger partial charge in [0.2, 0.25) is 5.91 Å². The molecule has 1 aromatic carbocycles. The van der Waals surface area contributed by atoms with Gasteiger partial charge in [0.1, 0.15) is 0 Å². The van der Waals surface area contributed by atoms with E-state index < -0.39 is 0 Å². The van der Waals surface area contributed by atoms with E-state index in [2.05, 4.69) is 10.6 Å². The van der Waals surface area contributed by atoms with Crippen molar-refractivity contribution in [2.45, 2.75) is 51.5 Å². The minimum Gasteiger partial charge on any atom is -0.338 e. The largest absolute Gasteiger partial charge is 0.338 e. The normalized spacial score (nSPS) is 21.1. The van der Waals surface area contributed by atoms with Gasteiger partial charge in [-0.3, -0.25) is 4.79 Å². The lowest BCUT2D eigenvalue weighted by Crippen LogP contribution is -3.11. The lowest BCUT2D eigenvalue weighted by molar-refractivity contribution is -0.899. The Morgan fingerprint density at radius 3 is 2.56 bits per heavy atom. The van der Waals surface area contributed by atoms with Crippen molar-refractivity contribution in [1.82, 2.24) is 10.6 Å². The number of carbonyl (C=O) groups is 2. The van der Waals surface area contributed by atoms with Crippen molar-refractivity contribution in [2.75, 3.05) is 37.6 Å². The molecule has 2 fully saturated rings. The van der Waals surface area contributed by atoms with Crippen molar-refractivity contribution in [3.8, 4) is 0 Å². The van der Waals surface area contributed by atoms with Crippen LogP contribution >= 0.6 is 0 Å². The zero-order valence-corrected chi connectivity index (χ0v) is 16.4. The van der Waals surface area contributed by atoms with E-state index in [0.29, 0.717) is 19.5 Å². The Labute approximate surface area is 162 Å². The van der Waals surface area contributed by atoms with E-state index in [1.54, 1.807) is 9.80 Å². The number of nitrogens with one attached hydrogen (secondary N) is 3. The van der Waals surface area contributed by atoms with Gasteiger partial charge in [-0.2, -0.15) is 0 Å². The van der Waals surface area contributed by atoms with Crippen LogP contribution in [0, 0.1) is 6.92 Å². The number of urea groups is 1. The van der Waals surface area contributed by atoms with Crippen LogP contribution in [-0.2, 0) is 4.79 Å². The van der Waals surface area contributed by atoms with Crippen molar-refractivity contribution in [3.05, 3.63) is 29.8 Å². The van der Waals surface area contributed by atoms with Crippen LogP contribution in [0.25, 0.3) is 0 Å². The van der Waals surface area contributed by atoms with E-state index in [1.165, 1.54) is 44.3 Å². The molecule has 0 aliphatic carbocycles. The summed E-state index contributed by atoms with van der Waals surface area (Å²) in [4.78, 5) is 27.8. The van der Waals surface area contributed by atoms with Crippen molar-refractivity contribution < 1.29 is 14.5 Å². The fraction of sp³-hybridized carbons (Fsp3) is 0.619. The highest BCUT2D eigenvalue weighted by atomic mass is 16.2. The fourth-order valence-electron chi connectivity index (χ4n) is 4.03. The summed E-state index contributed by atoms with van der Waals surface area (Å²) in [5, 5.41) is 5.90. The Morgan fingerprint density at radius 1 is 1.15 bits per heavy atom. The molecule has 3 rings (SSSR count). The highest BCUT2D eigenvalue weighted by Crippen LogP contribution is 2.21. The predicted octanol–water partition coefficient (Wildman–Crippen LogP) is 1.25. The Hall–Kier alpha value is -2.08. The quantitative estimate of drug-likeness (QED) is 0.657. The molecule has 3 amide bonds. The van der Waals surface area contributed by atoms with Gasteiger partial charge in [0, 0.05) is 31.6 Å². The molecule has 1 aromatic rings. The topological polar surface area (TPSA) is 65.9 Å². The van der Waals surface area contributed by atoms with E-state index in [-0.39, 0.29) is 18.0 Å². The lowest BCUT2D eigenvalue weighted by Gasteiger charge is -2.18. The first-order valence-electron chi connectivity index (χ1n) is 10.4. The first-order valence-corrected chi connectivity index (χ1v) is 10.4. The summed E-state index contributed by atoms with van der Waals surface area (Å²) < 4.78 is 0. The van der Waals surface area contributed by atoms with Gasteiger partial charge in [-0.05, 0) is 44.7 Å². The molecule has 6 nitrogen and oxygen atoms in total. The molecule has 0 unspecified atom stereocenters. The van der Waals surface area contributed by atoms with Gasteiger partial charge in [0.25, 0.3) is 0 Å². The maximum Gasteiger partial charge on any atom is 0.315 e. The molecular formula is C21H33N4O2+. The summed E-state index contributed by atoms with van der Waals surface area (Å²) in [6.07, 6.45) is 6.75. The number of hydrogen-bond acceptors (Lipinski definition) is 2. The summed E-state index contributed by atoms with van der Waals surface area (Å²) >= 11 is 0. The number of likely N-dealkylation sites (tertiary alicyclic amines) is 1. The molecule has 1 atom stereocenters. The second-order valence-corrected chi connectivity index (χ2v) is 7.91. The number of anilines is 1. The average Bonchev–Trinajstić information content (AvgIpc) is 2.84. The van der Waals surface area contributed by atoms with Gasteiger partial charge in [-0.1, -0.05) is 17.7 Å². The fourth-order valence-corrected chi connectivity index (χ4v) is 4.03. The molecule has 0 aromatic heterocycles. The van der Waals surface area contributed by atoms with Gasteiger partial charge in [0.05, 0.1) is 25.7 Å². The van der Waals surface area contributed by atoms with Gasteiger partial charge < -0.3 is 20.4 Å². The van der Waals surface area contributed by atoms with Gasteiger partial charge in [0.15, 0.2) is 0 Å². The Bertz CT molecular complexity index is 624. The molecule has 2 saturated heterocycles. The van der Waals surface area contributed by atoms with Gasteiger partial charge in [-0.25, -0.2) is 4.79 Å². The molecule has 27 heavy (non-hydrogen) atoms. The van der Waals surface area contributed by atoms with Crippen LogP contribution < -0.4 is 20.4 Å². The van der Waals surface area contributed by atoms with Crippen LogP contribution in [0.2, 0.25) is 0 Å². The van der Waals surface area contributed by atoms with E-state index in [4.69, 9.17) is 0 Å². The molecule has 3 N–H and O–H groups in total. The van der Waals surface area contributed by atoms with Crippen molar-refractivity contribution in [2.24, 2.45) is 0 Å². The number of benzene rings is 1. The van der Waals surface area contributed by atoms with Crippen LogP contribution in [0.5, 0.6) is 0 Å². The zero-order chi connectivity index (χ0) is 19.1. The number of aryl methyl sites for hydroxylation is 1. The molecule has 2 aliphatic rings. The molecule has 0 bridgehead atoms. The third-order valence-corrected chi connectivity index (χ3v) is 5.61. The number of amides is 3. The van der Waals surface area contributed by atoms with E-state index in [0.717, 1.165) is 18.7 Å². The molecule has 0 saturated carbocycles. The monoisotopic (exact) mass is 373 g/mol. The van der Waals surface area contributed by atoms with E-state index >= 15 is 0 Å². The van der Waals surface area contributed by atoms with Crippen LogP contribution in [0.3, 0.4) is 0 Å². The van der Waals surface area contributed by atoms with Gasteiger partial charge >= 0.3 is 6.03 Å². The zero-order valence-electron chi connectivity index (χ0n) is 16.4. The predicted molar refractivity (Wildman–Crippen MR) is 107 cm³/mol. The first kappa shape index (κ1) is 19.7. The number of nitrogens with zero attached hydrogens (tertiary/aromatic N) is 1. The Balaban J connectivity index is 1.35. The van der Waals surface area contributed by atoms with Crippen LogP contribution in [0.4, 0.5) is 10.5 Å². The van der Waals surface area contributed by atoms with E-state index in [1.807, 2.05) is 31.2 Å². The number of rotatable bonds is 6. The van der Waals surface area contributed by atoms with Crippen molar-refractivity contribution in [1.29, 1.82) is 0 Å². The first-order chi connectivity index (χ1) is 13.1. The highest BCUT2D eigenvalue weighted by molar-refractivity contribution is 5.96. The summed E-state index contributed by atoms with van der Waals surface area (Å²) in [5.74, 6) is 0.0638. The molecule has 2 aliphatic heterocycles. The van der Waals surface area contributed by atoms with Crippen molar-refractivity contribution in [3.63, 3.8) is 0 Å². The SMILES string of the molecule is Cc1ccc(N2C[C@@H](NC(=O)NCCC[NH+]3CCCCCC3)CC2=O)cc1. The van der Waals surface area contributed by atoms with Gasteiger partial charge in [-0.15, -0.1) is 0 Å². The second kappa shape index (κ2) is 9.74. The molecular weight excluding hydrogens is 340 g/mol. The summed E-state index contributed by atoms with van der Waals surface area (Å²) in [6, 6.07) is 7.63. The maximum absolute atomic E-state index is 12.3. The molecule has 0 spiro atoms. The summed E-state index contributed by atoms with van der Waals surface area (Å²) in [6.45, 7) is 6.92. The maximum atomic E-state index is 12.3. The molecule has 148 valence electrons. The third-order valence-electron chi connectivity index (χ3n) is 5.61. The summed E-state index contributed by atoms with van der Waals surface area (Å²) in [7, 11) is 0. The number of hydrogen-bond donors (Lipinski definition) is 3. The van der Waals surface area contributed by atoms with Crippen molar-refractivity contribution >= 4 is 17.6 Å². The molecule has 6 heteroatoms. The smallest absolute Gasteiger partial charge is 0.315 e. The number of quaternary nitrogens is 1. The lowest BCUT2D eigenvalue weighted by atomic mass is 10.2. The molecule has 2 heterocycles. The second-order valence-electron chi connectivity index (χ2n) is 7.91. The number of carbonyl (C=O) groups excluding carboxylic acids is 2.